The number of ketones is 4. The summed E-state index contributed by atoms with van der Waals surface area (Å²) in [5.74, 6) is -11.0. The molecule has 0 aliphatic heterocycles. The van der Waals surface area contributed by atoms with Crippen LogP contribution in [0, 0.1) is 23.7 Å². The van der Waals surface area contributed by atoms with Crippen molar-refractivity contribution < 1.29 is 43.7 Å². The monoisotopic (exact) mass is 549 g/mol. The van der Waals surface area contributed by atoms with Crippen LogP contribution in [-0.2, 0) is 25.6 Å². The molecule has 2 amide bonds. The van der Waals surface area contributed by atoms with Crippen LogP contribution in [0.1, 0.15) is 28.8 Å². The molecule has 208 valence electrons. The molecule has 5 N–H and O–H groups in total. The number of fused-ring (bicyclic) bond motifs is 3. The number of para-hydroxylation sites is 1. The first-order valence-electron chi connectivity index (χ1n) is 12.6. The second-order valence-electron chi connectivity index (χ2n) is 10.6. The number of hydrogen-bond donors (Lipinski definition) is 4. The van der Waals surface area contributed by atoms with Gasteiger partial charge in [-0.2, -0.15) is 0 Å². The smallest absolute Gasteiger partial charge is 0.417 e. The lowest BCUT2D eigenvalue weighted by Gasteiger charge is -2.48. The largest absolute Gasteiger partial charge is 0.505 e. The minimum Gasteiger partial charge on any atom is -0.505 e. The maximum absolute atomic E-state index is 13.9. The van der Waals surface area contributed by atoms with Crippen LogP contribution in [0.15, 0.2) is 36.4 Å². The van der Waals surface area contributed by atoms with Crippen LogP contribution in [-0.4, -0.2) is 65.0 Å². The average molecular weight is 550 g/mol. The van der Waals surface area contributed by atoms with Crippen LogP contribution in [0.2, 0.25) is 0 Å². The van der Waals surface area contributed by atoms with Gasteiger partial charge < -0.3 is 25.6 Å². The molecule has 0 radical (unpaired) electrons. The van der Waals surface area contributed by atoms with Gasteiger partial charge >= 0.3 is 6.09 Å². The van der Waals surface area contributed by atoms with Gasteiger partial charge in [-0.1, -0.05) is 18.2 Å². The number of hydrogen-bond acceptors (Lipinski definition) is 10. The van der Waals surface area contributed by atoms with Gasteiger partial charge in [0, 0.05) is 32.1 Å². The Hall–Kier alpha value is -4.58. The number of rotatable bonds is 4. The van der Waals surface area contributed by atoms with Gasteiger partial charge in [0.1, 0.15) is 11.5 Å². The Labute approximate surface area is 228 Å². The maximum Gasteiger partial charge on any atom is 0.417 e. The molecule has 3 aliphatic rings. The summed E-state index contributed by atoms with van der Waals surface area (Å²) in [6, 6.07) is 9.64. The topological polar surface area (TPSA) is 193 Å². The van der Waals surface area contributed by atoms with Crippen molar-refractivity contribution in [3.63, 3.8) is 0 Å². The summed E-state index contributed by atoms with van der Waals surface area (Å²) in [7, 11) is 3.39. The van der Waals surface area contributed by atoms with Gasteiger partial charge in [-0.05, 0) is 42.5 Å². The molecule has 0 saturated heterocycles. The van der Waals surface area contributed by atoms with E-state index in [9.17, 15) is 39.0 Å². The molecule has 12 nitrogen and oxygen atoms in total. The van der Waals surface area contributed by atoms with Crippen LogP contribution >= 0.6 is 0 Å². The number of ether oxygens (including phenoxy) is 1. The van der Waals surface area contributed by atoms with E-state index in [4.69, 9.17) is 10.5 Å². The molecule has 2 aromatic rings. The van der Waals surface area contributed by atoms with E-state index in [1.807, 2.05) is 0 Å². The first-order valence-corrected chi connectivity index (χ1v) is 12.6. The van der Waals surface area contributed by atoms with Crippen LogP contribution in [0.5, 0.6) is 11.5 Å². The predicted molar refractivity (Wildman–Crippen MR) is 139 cm³/mol. The van der Waals surface area contributed by atoms with Gasteiger partial charge in [0.05, 0.1) is 17.2 Å². The first kappa shape index (κ1) is 27.0. The molecule has 3 aliphatic carbocycles. The fourth-order valence-corrected chi connectivity index (χ4v) is 6.24. The molecule has 2 fully saturated rings. The lowest BCUT2D eigenvalue weighted by molar-refractivity contribution is -0.175. The number of Topliss-reactive ketones (excluding diaryl/α,β-unsaturated/α-hetero) is 4. The summed E-state index contributed by atoms with van der Waals surface area (Å²) >= 11 is 0. The molecule has 5 rings (SSSR count). The van der Waals surface area contributed by atoms with Gasteiger partial charge in [0.2, 0.25) is 5.91 Å². The molecular formula is C28H27N3O9. The number of anilines is 2. The summed E-state index contributed by atoms with van der Waals surface area (Å²) in [4.78, 5) is 79.2. The molecule has 0 aromatic heterocycles. The van der Waals surface area contributed by atoms with Crippen molar-refractivity contribution in [2.24, 2.45) is 29.4 Å². The molecule has 40 heavy (non-hydrogen) atoms. The second-order valence-corrected chi connectivity index (χ2v) is 10.6. The van der Waals surface area contributed by atoms with E-state index in [0.717, 1.165) is 0 Å². The van der Waals surface area contributed by atoms with E-state index in [1.54, 1.807) is 49.3 Å². The minimum atomic E-state index is -2.74. The molecular weight excluding hydrogens is 522 g/mol. The average Bonchev–Trinajstić information content (AvgIpc) is 2.88. The highest BCUT2D eigenvalue weighted by Crippen LogP contribution is 2.52. The number of carbonyl (C=O) groups excluding carboxylic acids is 6. The molecule has 12 heteroatoms. The van der Waals surface area contributed by atoms with Crippen molar-refractivity contribution >= 4 is 46.5 Å². The number of carbonyl (C=O) groups is 6. The summed E-state index contributed by atoms with van der Waals surface area (Å²) in [5, 5.41) is 24.9. The zero-order valence-electron chi connectivity index (χ0n) is 21.7. The number of benzene rings is 2. The third-order valence-electron chi connectivity index (χ3n) is 8.05. The Morgan fingerprint density at radius 1 is 1.07 bits per heavy atom. The van der Waals surface area contributed by atoms with Crippen molar-refractivity contribution in [2.75, 3.05) is 24.3 Å². The summed E-state index contributed by atoms with van der Waals surface area (Å²) in [6.45, 7) is 0. The number of nitrogens with one attached hydrogen (secondary N) is 1. The molecule has 0 heterocycles. The molecule has 2 unspecified atom stereocenters. The van der Waals surface area contributed by atoms with Crippen molar-refractivity contribution in [2.45, 2.75) is 24.9 Å². The Morgan fingerprint density at radius 3 is 2.38 bits per heavy atom. The fourth-order valence-electron chi connectivity index (χ4n) is 6.24. The normalized spacial score (nSPS) is 27.3. The third kappa shape index (κ3) is 4.02. The Kier molecular flexibility index (Phi) is 6.45. The van der Waals surface area contributed by atoms with Crippen molar-refractivity contribution in [1.82, 2.24) is 0 Å². The van der Waals surface area contributed by atoms with Gasteiger partial charge in [0.25, 0.3) is 0 Å². The molecule has 2 saturated carbocycles. The Bertz CT molecular complexity index is 1490. The highest BCUT2D eigenvalue weighted by atomic mass is 16.6. The number of amides is 2. The van der Waals surface area contributed by atoms with E-state index in [1.165, 1.54) is 6.07 Å². The molecule has 5 atom stereocenters. The van der Waals surface area contributed by atoms with E-state index < -0.39 is 76.6 Å². The summed E-state index contributed by atoms with van der Waals surface area (Å²) < 4.78 is 5.22. The quantitative estimate of drug-likeness (QED) is 0.316. The molecule has 0 spiro atoms. The van der Waals surface area contributed by atoms with Crippen molar-refractivity contribution in [1.29, 1.82) is 0 Å². The van der Waals surface area contributed by atoms with E-state index in [2.05, 4.69) is 5.32 Å². The zero-order chi connectivity index (χ0) is 29.1. The SMILES string of the molecule is CN(C)c1cc(NC(=O)Oc2ccccc2)c(O)c2c1C[C@H]1C[C@H]3CC(=O)C(C(N)=O)C(=O)[C@@]3(O)C(=O)C1C2=O. The number of phenolic OH excluding ortho intramolecular Hbond substituents is 1. The summed E-state index contributed by atoms with van der Waals surface area (Å²) in [5.41, 5.74) is 2.99. The van der Waals surface area contributed by atoms with Crippen LogP contribution in [0.25, 0.3) is 0 Å². The number of aromatic hydroxyl groups is 1. The second kappa shape index (κ2) is 9.56. The van der Waals surface area contributed by atoms with Crippen LogP contribution in [0.4, 0.5) is 16.2 Å². The van der Waals surface area contributed by atoms with Crippen molar-refractivity contribution in [3.05, 3.63) is 47.5 Å². The van der Waals surface area contributed by atoms with Crippen LogP contribution < -0.4 is 20.7 Å². The van der Waals surface area contributed by atoms with Gasteiger partial charge in [-0.25, -0.2) is 4.79 Å². The Morgan fingerprint density at radius 2 is 1.75 bits per heavy atom. The lowest BCUT2D eigenvalue weighted by atomic mass is 9.53. The third-order valence-corrected chi connectivity index (χ3v) is 8.05. The van der Waals surface area contributed by atoms with Gasteiger partial charge in [0.15, 0.2) is 34.7 Å². The number of primary amides is 1. The first-order chi connectivity index (χ1) is 18.9. The predicted octanol–water partition coefficient (Wildman–Crippen LogP) is 1.00. The van der Waals surface area contributed by atoms with E-state index in [0.29, 0.717) is 11.3 Å². The minimum absolute atomic E-state index is 0.0158. The number of phenols is 1. The number of aliphatic hydroxyl groups is 1. The molecule has 0 bridgehead atoms. The lowest BCUT2D eigenvalue weighted by Crippen LogP contribution is -2.68. The Balaban J connectivity index is 1.54. The molecule has 2 aromatic carbocycles. The van der Waals surface area contributed by atoms with E-state index >= 15 is 0 Å². The summed E-state index contributed by atoms with van der Waals surface area (Å²) in [6.07, 6.45) is -1.25. The van der Waals surface area contributed by atoms with Crippen LogP contribution in [0.3, 0.4) is 0 Å². The highest BCUT2D eigenvalue weighted by Gasteiger charge is 2.66. The highest BCUT2D eigenvalue weighted by molar-refractivity contribution is 6.31. The van der Waals surface area contributed by atoms with Crippen molar-refractivity contribution in [3.8, 4) is 11.5 Å². The number of nitrogens with zero attached hydrogens (tertiary/aromatic N) is 1. The number of nitrogens with two attached hydrogens (primary N) is 1. The van der Waals surface area contributed by atoms with E-state index in [-0.39, 0.29) is 29.8 Å². The van der Waals surface area contributed by atoms with Gasteiger partial charge in [-0.15, -0.1) is 0 Å². The standard InChI is InChI=1S/C28H27N3O9/c1-31(2)17-11-16(30-27(38)40-14-6-4-3-5-7-14)22(33)20-15(17)9-12-8-13-10-18(32)21(26(29)37)25(36)28(13,39)24(35)19(12)23(20)34/h3-7,11-13,19,21,33,39H,8-10H2,1-2H3,(H2,29,37)(H,30,38)/t12-,13+,19?,21?,28+/m1/s1. The zero-order valence-corrected chi connectivity index (χ0v) is 21.7. The maximum atomic E-state index is 13.9. The fraction of sp³-hybridized carbons (Fsp3) is 0.357. The van der Waals surface area contributed by atoms with Gasteiger partial charge in [-0.3, -0.25) is 29.3 Å².